The number of benzene rings is 2. The molecular weight excluding hydrogens is 497 g/mol. The Kier molecular flexibility index (Phi) is 10.2. The SMILES string of the molecule is CCc1ccc(N(CCCC(=O)N(Cc2c(Cl)cccc2Cl)C(C)C(=O)NC)S(C)(=O)=O)cc1. The number of halogens is 2. The molecule has 0 aliphatic rings. The van der Waals surface area contributed by atoms with Gasteiger partial charge in [0.15, 0.2) is 0 Å². The summed E-state index contributed by atoms with van der Waals surface area (Å²) in [7, 11) is -2.04. The maximum atomic E-state index is 13.2. The molecule has 10 heteroatoms. The highest BCUT2D eigenvalue weighted by Crippen LogP contribution is 2.27. The van der Waals surface area contributed by atoms with Crippen LogP contribution in [0.15, 0.2) is 42.5 Å². The Morgan fingerprint density at radius 2 is 1.65 bits per heavy atom. The second-order valence-electron chi connectivity index (χ2n) is 7.97. The first-order valence-corrected chi connectivity index (χ1v) is 13.6. The number of carbonyl (C=O) groups is 2. The van der Waals surface area contributed by atoms with Crippen molar-refractivity contribution < 1.29 is 18.0 Å². The number of rotatable bonds is 11. The van der Waals surface area contributed by atoms with Crippen LogP contribution in [0.4, 0.5) is 5.69 Å². The van der Waals surface area contributed by atoms with Crippen molar-refractivity contribution in [3.8, 4) is 0 Å². The van der Waals surface area contributed by atoms with E-state index in [0.717, 1.165) is 18.2 Å². The Hall–Kier alpha value is -2.29. The summed E-state index contributed by atoms with van der Waals surface area (Å²) in [5.41, 5.74) is 2.19. The van der Waals surface area contributed by atoms with E-state index in [2.05, 4.69) is 5.32 Å². The van der Waals surface area contributed by atoms with E-state index in [0.29, 0.717) is 21.3 Å². The van der Waals surface area contributed by atoms with Gasteiger partial charge in [-0.15, -0.1) is 0 Å². The fourth-order valence-corrected chi connectivity index (χ4v) is 5.03. The first-order chi connectivity index (χ1) is 16.0. The molecule has 2 rings (SSSR count). The summed E-state index contributed by atoms with van der Waals surface area (Å²) in [5.74, 6) is -0.632. The highest BCUT2D eigenvalue weighted by atomic mass is 35.5. The molecule has 0 saturated carbocycles. The summed E-state index contributed by atoms with van der Waals surface area (Å²) in [4.78, 5) is 26.9. The molecule has 0 saturated heterocycles. The Balaban J connectivity index is 2.19. The Morgan fingerprint density at radius 1 is 1.06 bits per heavy atom. The topological polar surface area (TPSA) is 86.8 Å². The summed E-state index contributed by atoms with van der Waals surface area (Å²) < 4.78 is 26.1. The van der Waals surface area contributed by atoms with Gasteiger partial charge >= 0.3 is 0 Å². The summed E-state index contributed by atoms with van der Waals surface area (Å²) in [6.45, 7) is 3.83. The molecule has 0 aromatic heterocycles. The van der Waals surface area contributed by atoms with Crippen LogP contribution < -0.4 is 9.62 Å². The summed E-state index contributed by atoms with van der Waals surface area (Å²) in [5, 5.41) is 3.35. The number of sulfonamides is 1. The molecule has 1 unspecified atom stereocenters. The van der Waals surface area contributed by atoms with Crippen molar-refractivity contribution in [3.63, 3.8) is 0 Å². The van der Waals surface area contributed by atoms with Crippen LogP contribution in [0, 0.1) is 0 Å². The molecule has 0 aliphatic heterocycles. The van der Waals surface area contributed by atoms with Crippen LogP contribution in [0.5, 0.6) is 0 Å². The molecule has 0 aliphatic carbocycles. The quantitative estimate of drug-likeness (QED) is 0.472. The number of nitrogens with one attached hydrogen (secondary N) is 1. The van der Waals surface area contributed by atoms with Gasteiger partial charge < -0.3 is 10.2 Å². The van der Waals surface area contributed by atoms with Crippen molar-refractivity contribution in [1.82, 2.24) is 10.2 Å². The smallest absolute Gasteiger partial charge is 0.242 e. The number of likely N-dealkylation sites (N-methyl/N-ethyl adjacent to an activating group) is 1. The summed E-state index contributed by atoms with van der Waals surface area (Å²) in [6, 6.07) is 11.6. The lowest BCUT2D eigenvalue weighted by molar-refractivity contribution is -0.140. The zero-order valence-corrected chi connectivity index (χ0v) is 22.2. The molecular formula is C24H31Cl2N3O4S. The van der Waals surface area contributed by atoms with Gasteiger partial charge in [-0.3, -0.25) is 13.9 Å². The monoisotopic (exact) mass is 527 g/mol. The standard InChI is InChI=1S/C24H31Cl2N3O4S/c1-5-18-11-13-19(14-12-18)29(34(4,32)33)15-7-10-23(30)28(17(2)24(31)27-3)16-20-21(25)8-6-9-22(20)26/h6,8-9,11-14,17H,5,7,10,15-16H2,1-4H3,(H,27,31). The van der Waals surface area contributed by atoms with Crippen LogP contribution in [0.2, 0.25) is 10.0 Å². The predicted octanol–water partition coefficient (Wildman–Crippen LogP) is 4.27. The van der Waals surface area contributed by atoms with Gasteiger partial charge in [0.25, 0.3) is 0 Å². The predicted molar refractivity (Wildman–Crippen MR) is 138 cm³/mol. The maximum absolute atomic E-state index is 13.2. The van der Waals surface area contributed by atoms with Gasteiger partial charge in [0.05, 0.1) is 11.9 Å². The molecule has 0 bridgehead atoms. The number of anilines is 1. The number of amides is 2. The molecule has 7 nitrogen and oxygen atoms in total. The van der Waals surface area contributed by atoms with E-state index in [-0.39, 0.29) is 37.7 Å². The largest absolute Gasteiger partial charge is 0.357 e. The Morgan fingerprint density at radius 3 is 2.15 bits per heavy atom. The molecule has 0 heterocycles. The lowest BCUT2D eigenvalue weighted by Gasteiger charge is -2.29. The molecule has 2 amide bonds. The van der Waals surface area contributed by atoms with Crippen molar-refractivity contribution in [2.45, 2.75) is 45.7 Å². The molecule has 0 spiro atoms. The maximum Gasteiger partial charge on any atom is 0.242 e. The summed E-state index contributed by atoms with van der Waals surface area (Å²) >= 11 is 12.6. The second-order valence-corrected chi connectivity index (χ2v) is 10.7. The second kappa shape index (κ2) is 12.4. The third kappa shape index (κ3) is 7.35. The minimum atomic E-state index is -3.54. The fourth-order valence-electron chi connectivity index (χ4n) is 3.55. The molecule has 186 valence electrons. The Bertz CT molecular complexity index is 1090. The minimum Gasteiger partial charge on any atom is -0.357 e. The summed E-state index contributed by atoms with van der Waals surface area (Å²) in [6.07, 6.45) is 2.31. The molecule has 0 fully saturated rings. The van der Waals surface area contributed by atoms with Gasteiger partial charge in [0.1, 0.15) is 6.04 Å². The Labute approximate surface area is 212 Å². The van der Waals surface area contributed by atoms with Crippen molar-refractivity contribution in [2.75, 3.05) is 24.2 Å². The van der Waals surface area contributed by atoms with E-state index < -0.39 is 16.1 Å². The number of hydrogen-bond acceptors (Lipinski definition) is 4. The molecule has 2 aromatic rings. The molecule has 2 aromatic carbocycles. The van der Waals surface area contributed by atoms with E-state index in [9.17, 15) is 18.0 Å². The lowest BCUT2D eigenvalue weighted by Crippen LogP contribution is -2.47. The van der Waals surface area contributed by atoms with E-state index in [1.165, 1.54) is 16.3 Å². The number of aryl methyl sites for hydroxylation is 1. The first-order valence-electron chi connectivity index (χ1n) is 11.0. The van der Waals surface area contributed by atoms with Crippen molar-refractivity contribution in [1.29, 1.82) is 0 Å². The van der Waals surface area contributed by atoms with Gasteiger partial charge in [-0.1, -0.05) is 48.3 Å². The fraction of sp³-hybridized carbons (Fsp3) is 0.417. The number of carbonyl (C=O) groups excluding carboxylic acids is 2. The average Bonchev–Trinajstić information content (AvgIpc) is 2.80. The minimum absolute atomic E-state index is 0.0441. The van der Waals surface area contributed by atoms with Crippen molar-refractivity contribution in [2.24, 2.45) is 0 Å². The van der Waals surface area contributed by atoms with E-state index >= 15 is 0 Å². The van der Waals surface area contributed by atoms with Crippen LogP contribution >= 0.6 is 23.2 Å². The van der Waals surface area contributed by atoms with Crippen molar-refractivity contribution in [3.05, 3.63) is 63.6 Å². The highest BCUT2D eigenvalue weighted by Gasteiger charge is 2.27. The molecule has 0 radical (unpaired) electrons. The zero-order valence-electron chi connectivity index (χ0n) is 19.8. The average molecular weight is 529 g/mol. The number of nitrogens with zero attached hydrogens (tertiary/aromatic N) is 2. The van der Waals surface area contributed by atoms with Gasteiger partial charge in [-0.25, -0.2) is 8.42 Å². The lowest BCUT2D eigenvalue weighted by atomic mass is 10.1. The van der Waals surface area contributed by atoms with Gasteiger partial charge in [-0.05, 0) is 49.6 Å². The van der Waals surface area contributed by atoms with Gasteiger partial charge in [0, 0.05) is 42.2 Å². The third-order valence-electron chi connectivity index (χ3n) is 5.59. The van der Waals surface area contributed by atoms with Crippen LogP contribution in [-0.4, -0.2) is 51.0 Å². The van der Waals surface area contributed by atoms with Crippen LogP contribution in [0.3, 0.4) is 0 Å². The van der Waals surface area contributed by atoms with Crippen LogP contribution in [-0.2, 0) is 32.6 Å². The molecule has 1 N–H and O–H groups in total. The van der Waals surface area contributed by atoms with Gasteiger partial charge in [0.2, 0.25) is 21.8 Å². The first kappa shape index (κ1) is 28.0. The highest BCUT2D eigenvalue weighted by molar-refractivity contribution is 7.92. The molecule has 1 atom stereocenters. The van der Waals surface area contributed by atoms with E-state index in [1.807, 2.05) is 19.1 Å². The normalized spacial score (nSPS) is 12.2. The molecule has 34 heavy (non-hydrogen) atoms. The van der Waals surface area contributed by atoms with Crippen LogP contribution in [0.1, 0.15) is 37.8 Å². The number of hydrogen-bond donors (Lipinski definition) is 1. The van der Waals surface area contributed by atoms with E-state index in [1.54, 1.807) is 37.3 Å². The van der Waals surface area contributed by atoms with Crippen LogP contribution in [0.25, 0.3) is 0 Å². The zero-order chi connectivity index (χ0) is 25.5. The van der Waals surface area contributed by atoms with Crippen molar-refractivity contribution >= 4 is 50.7 Å². The van der Waals surface area contributed by atoms with Gasteiger partial charge in [-0.2, -0.15) is 0 Å². The third-order valence-corrected chi connectivity index (χ3v) is 7.49. The van der Waals surface area contributed by atoms with E-state index in [4.69, 9.17) is 23.2 Å².